The number of rotatable bonds is 3. The molecule has 0 aliphatic carbocycles. The van der Waals surface area contributed by atoms with Gasteiger partial charge in [-0.25, -0.2) is 0 Å². The number of Topliss-reactive ketones (excluding diaryl/α,β-unsaturated/α-hetero) is 2. The van der Waals surface area contributed by atoms with Gasteiger partial charge in [-0.2, -0.15) is 0 Å². The molecule has 0 radical (unpaired) electrons. The zero-order valence-electron chi connectivity index (χ0n) is 19.9. The van der Waals surface area contributed by atoms with Gasteiger partial charge >= 0.3 is 0 Å². The lowest BCUT2D eigenvalue weighted by Gasteiger charge is -2.17. The topological polar surface area (TPSA) is 83.5 Å². The Labute approximate surface area is 186 Å². The number of ketones is 2. The summed E-state index contributed by atoms with van der Waals surface area (Å²) in [5, 5.41) is 9.43. The van der Waals surface area contributed by atoms with Crippen molar-refractivity contribution in [1.29, 1.82) is 0 Å². The smallest absolute Gasteiger partial charge is 0.232 e. The lowest BCUT2D eigenvalue weighted by atomic mass is 9.88. The Bertz CT molecular complexity index is 858. The summed E-state index contributed by atoms with van der Waals surface area (Å²) < 4.78 is 0. The number of carbonyl (C=O) groups is 3. The Hall–Kier alpha value is -3.23. The molecule has 2 aromatic carbocycles. The van der Waals surface area contributed by atoms with Gasteiger partial charge in [0.25, 0.3) is 0 Å². The molecule has 168 valence electrons. The molecule has 0 bridgehead atoms. The number of aliphatic hydroxyl groups is 1. The van der Waals surface area contributed by atoms with Gasteiger partial charge in [-0.05, 0) is 52.0 Å². The largest absolute Gasteiger partial charge is 0.400 e. The lowest BCUT2D eigenvalue weighted by molar-refractivity contribution is -0.138. The fraction of sp³-hybridized carbons (Fsp3) is 0.346. The summed E-state index contributed by atoms with van der Waals surface area (Å²) in [7, 11) is 2.52. The van der Waals surface area contributed by atoms with Crippen LogP contribution < -0.4 is 5.32 Å². The van der Waals surface area contributed by atoms with E-state index in [0.29, 0.717) is 0 Å². The number of nitrogens with one attached hydrogen (secondary N) is 1. The van der Waals surface area contributed by atoms with Crippen molar-refractivity contribution in [3.05, 3.63) is 71.3 Å². The van der Waals surface area contributed by atoms with E-state index in [1.807, 2.05) is 56.3 Å². The summed E-state index contributed by atoms with van der Waals surface area (Å²) in [4.78, 5) is 32.8. The molecule has 0 saturated carbocycles. The highest BCUT2D eigenvalue weighted by Crippen LogP contribution is 2.15. The number of hydrogen-bond acceptors (Lipinski definition) is 4. The van der Waals surface area contributed by atoms with Crippen molar-refractivity contribution in [1.82, 2.24) is 5.32 Å². The summed E-state index contributed by atoms with van der Waals surface area (Å²) in [6, 6.07) is 17.2. The average Bonchev–Trinajstić information content (AvgIpc) is 2.81. The first kappa shape index (κ1) is 30.0. The monoisotopic (exact) mass is 425 g/mol. The second kappa shape index (κ2) is 16.6. The number of amides is 1. The Balaban J connectivity index is 0. The molecule has 0 atom stereocenters. The van der Waals surface area contributed by atoms with Gasteiger partial charge in [0.1, 0.15) is 11.2 Å². The van der Waals surface area contributed by atoms with E-state index in [2.05, 4.69) is 17.2 Å². The fourth-order valence-corrected chi connectivity index (χ4v) is 1.93. The Morgan fingerprint density at radius 2 is 1.23 bits per heavy atom. The van der Waals surface area contributed by atoms with E-state index in [4.69, 9.17) is 5.11 Å². The zero-order chi connectivity index (χ0) is 24.4. The molecular weight excluding hydrogens is 390 g/mol. The van der Waals surface area contributed by atoms with Crippen LogP contribution in [0.3, 0.4) is 0 Å². The molecule has 31 heavy (non-hydrogen) atoms. The van der Waals surface area contributed by atoms with Crippen LogP contribution in [0.15, 0.2) is 54.6 Å². The van der Waals surface area contributed by atoms with Crippen molar-refractivity contribution in [3.63, 3.8) is 0 Å². The molecule has 5 heteroatoms. The SMILES string of the molecule is CC.CC(=O)c1ccc(C#Cc2ccccc2)cc1.CNC(=O)C(C)(C)C(C)=O.CO. The highest BCUT2D eigenvalue weighted by molar-refractivity contribution is 6.04. The molecule has 0 unspecified atom stereocenters. The Morgan fingerprint density at radius 3 is 1.55 bits per heavy atom. The van der Waals surface area contributed by atoms with E-state index in [1.54, 1.807) is 32.9 Å². The third kappa shape index (κ3) is 11.5. The maximum atomic E-state index is 11.1. The van der Waals surface area contributed by atoms with Gasteiger partial charge in [0, 0.05) is 30.8 Å². The molecule has 0 fully saturated rings. The van der Waals surface area contributed by atoms with Crippen molar-refractivity contribution in [3.8, 4) is 11.8 Å². The second-order valence-corrected chi connectivity index (χ2v) is 6.51. The molecule has 0 aliphatic heterocycles. The molecule has 0 aliphatic rings. The van der Waals surface area contributed by atoms with Gasteiger partial charge < -0.3 is 10.4 Å². The minimum absolute atomic E-state index is 0.0765. The Morgan fingerprint density at radius 1 is 0.806 bits per heavy atom. The van der Waals surface area contributed by atoms with E-state index in [-0.39, 0.29) is 17.5 Å². The van der Waals surface area contributed by atoms with Gasteiger partial charge in [-0.15, -0.1) is 0 Å². The predicted octanol–water partition coefficient (Wildman–Crippen LogP) is 4.27. The number of hydrogen-bond donors (Lipinski definition) is 2. The van der Waals surface area contributed by atoms with Crippen LogP contribution >= 0.6 is 0 Å². The third-order valence-corrected chi connectivity index (χ3v) is 4.09. The zero-order valence-corrected chi connectivity index (χ0v) is 19.9. The van der Waals surface area contributed by atoms with Crippen LogP contribution in [0.25, 0.3) is 0 Å². The molecule has 5 nitrogen and oxygen atoms in total. The van der Waals surface area contributed by atoms with Gasteiger partial charge in [-0.1, -0.05) is 56.0 Å². The quantitative estimate of drug-likeness (QED) is 0.437. The number of aliphatic hydroxyl groups excluding tert-OH is 1. The average molecular weight is 426 g/mol. The molecule has 2 N–H and O–H groups in total. The van der Waals surface area contributed by atoms with Crippen LogP contribution in [0.2, 0.25) is 0 Å². The van der Waals surface area contributed by atoms with Gasteiger partial charge in [-0.3, -0.25) is 14.4 Å². The summed E-state index contributed by atoms with van der Waals surface area (Å²) in [6.07, 6.45) is 0. The highest BCUT2D eigenvalue weighted by Gasteiger charge is 2.31. The highest BCUT2D eigenvalue weighted by atomic mass is 16.2. The third-order valence-electron chi connectivity index (χ3n) is 4.09. The molecule has 0 aromatic heterocycles. The van der Waals surface area contributed by atoms with E-state index in [0.717, 1.165) is 23.8 Å². The summed E-state index contributed by atoms with van der Waals surface area (Å²) in [5.41, 5.74) is 1.74. The van der Waals surface area contributed by atoms with Crippen molar-refractivity contribution in [2.45, 2.75) is 41.5 Å². The molecule has 0 spiro atoms. The minimum Gasteiger partial charge on any atom is -0.400 e. The van der Waals surface area contributed by atoms with E-state index < -0.39 is 5.41 Å². The minimum atomic E-state index is -0.880. The van der Waals surface area contributed by atoms with E-state index in [9.17, 15) is 14.4 Å². The number of carbonyl (C=O) groups excluding carboxylic acids is 3. The van der Waals surface area contributed by atoms with Crippen LogP contribution in [0.4, 0.5) is 0 Å². The van der Waals surface area contributed by atoms with Gasteiger partial charge in [0.15, 0.2) is 5.78 Å². The first-order valence-electron chi connectivity index (χ1n) is 10.0. The van der Waals surface area contributed by atoms with E-state index >= 15 is 0 Å². The van der Waals surface area contributed by atoms with Crippen LogP contribution in [0.1, 0.15) is 63.0 Å². The molecule has 1 amide bonds. The standard InChI is InChI=1S/C16H12O.C7H13NO2.C2H6.CH4O/c1-13(17)16-11-9-15(10-12-16)8-7-14-5-3-2-4-6-14;1-5(9)7(2,3)6(10)8-4;2*1-2/h2-6,9-12H,1H3;1-4H3,(H,8,10);1-2H3;2H,1H3. The van der Waals surface area contributed by atoms with Crippen molar-refractivity contribution in [2.75, 3.05) is 14.2 Å². The van der Waals surface area contributed by atoms with Crippen molar-refractivity contribution < 1.29 is 19.5 Å². The van der Waals surface area contributed by atoms with Crippen LogP contribution in [0, 0.1) is 17.3 Å². The lowest BCUT2D eigenvalue weighted by Crippen LogP contribution is -2.39. The van der Waals surface area contributed by atoms with Crippen LogP contribution in [0.5, 0.6) is 0 Å². The normalized spacial score (nSPS) is 8.94. The van der Waals surface area contributed by atoms with E-state index in [1.165, 1.54) is 14.0 Å². The van der Waals surface area contributed by atoms with Crippen molar-refractivity contribution >= 4 is 17.5 Å². The molecule has 0 heterocycles. The van der Waals surface area contributed by atoms with Crippen LogP contribution in [-0.2, 0) is 9.59 Å². The Kier molecular flexibility index (Phi) is 16.0. The van der Waals surface area contributed by atoms with Gasteiger partial charge in [0.05, 0.1) is 0 Å². The maximum absolute atomic E-state index is 11.1. The fourth-order valence-electron chi connectivity index (χ4n) is 1.93. The summed E-state index contributed by atoms with van der Waals surface area (Å²) >= 11 is 0. The molecule has 0 saturated heterocycles. The van der Waals surface area contributed by atoms with Crippen LogP contribution in [-0.4, -0.2) is 36.7 Å². The predicted molar refractivity (Wildman–Crippen MR) is 127 cm³/mol. The summed E-state index contributed by atoms with van der Waals surface area (Å²) in [6.45, 7) is 10.2. The first-order valence-corrected chi connectivity index (χ1v) is 10.0. The number of benzene rings is 2. The second-order valence-electron chi connectivity index (χ2n) is 6.51. The van der Waals surface area contributed by atoms with Crippen molar-refractivity contribution in [2.24, 2.45) is 5.41 Å². The molecular formula is C26H35NO4. The summed E-state index contributed by atoms with van der Waals surface area (Å²) in [5.74, 6) is 5.86. The maximum Gasteiger partial charge on any atom is 0.232 e. The first-order chi connectivity index (χ1) is 14.7. The van der Waals surface area contributed by atoms with Gasteiger partial charge in [0.2, 0.25) is 5.91 Å². The molecule has 2 rings (SSSR count). The molecule has 2 aromatic rings.